The van der Waals surface area contributed by atoms with Gasteiger partial charge < -0.3 is 9.67 Å². The molecule has 0 saturated heterocycles. The van der Waals surface area contributed by atoms with Crippen LogP contribution in [0.25, 0.3) is 10.9 Å². The number of aromatic nitrogens is 1. The Hall–Kier alpha value is -1.59. The molecule has 0 fully saturated rings. The monoisotopic (exact) mass is 335 g/mol. The van der Waals surface area contributed by atoms with Crippen LogP contribution in [0.3, 0.4) is 0 Å². The number of rotatable bonds is 3. The molecule has 0 spiro atoms. The van der Waals surface area contributed by atoms with Gasteiger partial charge in [0.2, 0.25) is 0 Å². The lowest BCUT2D eigenvalue weighted by Crippen LogP contribution is -1.99. The SMILES string of the molecule is O=C(O)c1ccc2ccn(Cc3sccc3Br)c2c1. The molecule has 3 rings (SSSR count). The van der Waals surface area contributed by atoms with Gasteiger partial charge in [-0.1, -0.05) is 6.07 Å². The first-order chi connectivity index (χ1) is 9.15. The second-order valence-electron chi connectivity index (χ2n) is 4.21. The minimum absolute atomic E-state index is 0.317. The van der Waals surface area contributed by atoms with Crippen LogP contribution in [0.2, 0.25) is 0 Å². The van der Waals surface area contributed by atoms with Crippen LogP contribution in [-0.2, 0) is 6.54 Å². The molecule has 0 unspecified atom stereocenters. The highest BCUT2D eigenvalue weighted by atomic mass is 79.9. The average Bonchev–Trinajstić information content (AvgIpc) is 2.97. The second kappa shape index (κ2) is 4.83. The number of carboxylic acid groups (broad SMARTS) is 1. The third-order valence-corrected chi connectivity index (χ3v) is 4.94. The molecule has 1 aromatic carbocycles. The van der Waals surface area contributed by atoms with Crippen molar-refractivity contribution in [2.45, 2.75) is 6.54 Å². The van der Waals surface area contributed by atoms with E-state index in [1.807, 2.05) is 29.8 Å². The Kier molecular flexibility index (Phi) is 3.16. The number of thiophene rings is 1. The average molecular weight is 336 g/mol. The molecule has 0 saturated carbocycles. The Morgan fingerprint density at radius 2 is 2.16 bits per heavy atom. The summed E-state index contributed by atoms with van der Waals surface area (Å²) < 4.78 is 3.16. The van der Waals surface area contributed by atoms with E-state index < -0.39 is 5.97 Å². The Bertz CT molecular complexity index is 760. The summed E-state index contributed by atoms with van der Waals surface area (Å²) in [5.41, 5.74) is 1.26. The fourth-order valence-electron chi connectivity index (χ4n) is 2.05. The molecule has 2 aromatic heterocycles. The Balaban J connectivity index is 2.06. The highest BCUT2D eigenvalue weighted by Crippen LogP contribution is 2.26. The number of carbonyl (C=O) groups is 1. The van der Waals surface area contributed by atoms with E-state index in [2.05, 4.69) is 20.5 Å². The first-order valence-electron chi connectivity index (χ1n) is 5.69. The lowest BCUT2D eigenvalue weighted by molar-refractivity contribution is 0.0697. The van der Waals surface area contributed by atoms with Crippen molar-refractivity contribution >= 4 is 44.1 Å². The highest BCUT2D eigenvalue weighted by molar-refractivity contribution is 9.10. The second-order valence-corrected chi connectivity index (χ2v) is 6.07. The van der Waals surface area contributed by atoms with Gasteiger partial charge in [-0.25, -0.2) is 4.79 Å². The summed E-state index contributed by atoms with van der Waals surface area (Å²) in [4.78, 5) is 12.3. The topological polar surface area (TPSA) is 42.2 Å². The maximum absolute atomic E-state index is 11.0. The molecule has 0 atom stereocenters. The lowest BCUT2D eigenvalue weighted by Gasteiger charge is -2.05. The molecule has 3 nitrogen and oxygen atoms in total. The van der Waals surface area contributed by atoms with Crippen LogP contribution < -0.4 is 0 Å². The van der Waals surface area contributed by atoms with Crippen LogP contribution >= 0.6 is 27.3 Å². The van der Waals surface area contributed by atoms with Gasteiger partial charge in [0.1, 0.15) is 0 Å². The fourth-order valence-corrected chi connectivity index (χ4v) is 3.52. The first-order valence-corrected chi connectivity index (χ1v) is 7.36. The van der Waals surface area contributed by atoms with Crippen molar-refractivity contribution in [2.75, 3.05) is 0 Å². The van der Waals surface area contributed by atoms with Gasteiger partial charge in [0.25, 0.3) is 0 Å². The van der Waals surface area contributed by atoms with Gasteiger partial charge in [0.05, 0.1) is 12.1 Å². The molecule has 0 radical (unpaired) electrons. The van der Waals surface area contributed by atoms with Crippen LogP contribution in [-0.4, -0.2) is 15.6 Å². The maximum atomic E-state index is 11.0. The van der Waals surface area contributed by atoms with Crippen molar-refractivity contribution in [3.8, 4) is 0 Å². The van der Waals surface area contributed by atoms with Crippen LogP contribution in [0.1, 0.15) is 15.2 Å². The quantitative estimate of drug-likeness (QED) is 0.778. The number of aromatic carboxylic acids is 1. The van der Waals surface area contributed by atoms with Gasteiger partial charge in [-0.3, -0.25) is 0 Å². The van der Waals surface area contributed by atoms with E-state index in [0.29, 0.717) is 5.56 Å². The molecular weight excluding hydrogens is 326 g/mol. The van der Waals surface area contributed by atoms with Gasteiger partial charge >= 0.3 is 5.97 Å². The van der Waals surface area contributed by atoms with Crippen molar-refractivity contribution in [1.82, 2.24) is 4.57 Å². The molecule has 2 heterocycles. The molecule has 5 heteroatoms. The molecule has 96 valence electrons. The number of nitrogens with zero attached hydrogens (tertiary/aromatic N) is 1. The number of fused-ring (bicyclic) bond motifs is 1. The predicted molar refractivity (Wildman–Crippen MR) is 80.0 cm³/mol. The van der Waals surface area contributed by atoms with Crippen molar-refractivity contribution in [3.05, 3.63) is 56.8 Å². The van der Waals surface area contributed by atoms with Gasteiger partial charge in [-0.05, 0) is 51.0 Å². The molecule has 1 N–H and O–H groups in total. The summed E-state index contributed by atoms with van der Waals surface area (Å²) in [6.07, 6.45) is 1.99. The van der Waals surface area contributed by atoms with Crippen molar-refractivity contribution < 1.29 is 9.90 Å². The number of hydrogen-bond acceptors (Lipinski definition) is 2. The van der Waals surface area contributed by atoms with Crippen LogP contribution in [0, 0.1) is 0 Å². The summed E-state index contributed by atoms with van der Waals surface area (Å²) in [7, 11) is 0. The van der Waals surface area contributed by atoms with Crippen molar-refractivity contribution in [3.63, 3.8) is 0 Å². The third kappa shape index (κ3) is 2.31. The van der Waals surface area contributed by atoms with Gasteiger partial charge in [0, 0.05) is 21.1 Å². The molecular formula is C14H10BrNO2S. The van der Waals surface area contributed by atoms with Crippen molar-refractivity contribution in [1.29, 1.82) is 0 Å². The number of hydrogen-bond donors (Lipinski definition) is 1. The number of carboxylic acids is 1. The third-order valence-electron chi connectivity index (χ3n) is 3.03. The molecule has 3 aromatic rings. The van der Waals surface area contributed by atoms with E-state index in [-0.39, 0.29) is 0 Å². The minimum Gasteiger partial charge on any atom is -0.478 e. The number of halogens is 1. The zero-order chi connectivity index (χ0) is 13.4. The van der Waals surface area contributed by atoms with Gasteiger partial charge in [-0.2, -0.15) is 0 Å². The normalized spacial score (nSPS) is 11.0. The summed E-state index contributed by atoms with van der Waals surface area (Å²) in [5.74, 6) is -0.896. The van der Waals surface area contributed by atoms with Crippen LogP contribution in [0.5, 0.6) is 0 Å². The summed E-state index contributed by atoms with van der Waals surface area (Å²) >= 11 is 5.20. The molecule has 0 aliphatic rings. The fraction of sp³-hybridized carbons (Fsp3) is 0.0714. The molecule has 0 amide bonds. The zero-order valence-electron chi connectivity index (χ0n) is 9.84. The predicted octanol–water partition coefficient (Wildman–Crippen LogP) is 4.21. The molecule has 19 heavy (non-hydrogen) atoms. The molecule has 0 aliphatic carbocycles. The standard InChI is InChI=1S/C14H10BrNO2S/c15-11-4-6-19-13(11)8-16-5-3-9-1-2-10(14(17)18)7-12(9)16/h1-7H,8H2,(H,17,18). The van der Waals surface area contributed by atoms with E-state index in [0.717, 1.165) is 21.9 Å². The first kappa shape index (κ1) is 12.4. The number of benzene rings is 1. The van der Waals surface area contributed by atoms with Gasteiger partial charge in [0.15, 0.2) is 0 Å². The lowest BCUT2D eigenvalue weighted by atomic mass is 10.1. The maximum Gasteiger partial charge on any atom is 0.335 e. The summed E-state index contributed by atoms with van der Waals surface area (Å²) in [5, 5.41) is 12.1. The highest BCUT2D eigenvalue weighted by Gasteiger charge is 2.09. The van der Waals surface area contributed by atoms with E-state index in [4.69, 9.17) is 5.11 Å². The summed E-state index contributed by atoms with van der Waals surface area (Å²) in [6, 6.07) is 9.23. The smallest absolute Gasteiger partial charge is 0.335 e. The van der Waals surface area contributed by atoms with Crippen LogP contribution in [0.15, 0.2) is 46.4 Å². The van der Waals surface area contributed by atoms with Crippen molar-refractivity contribution in [2.24, 2.45) is 0 Å². The Morgan fingerprint density at radius 1 is 1.32 bits per heavy atom. The van der Waals surface area contributed by atoms with E-state index in [1.54, 1.807) is 23.5 Å². The largest absolute Gasteiger partial charge is 0.478 e. The van der Waals surface area contributed by atoms with E-state index >= 15 is 0 Å². The molecule has 0 aliphatic heterocycles. The zero-order valence-corrected chi connectivity index (χ0v) is 12.2. The van der Waals surface area contributed by atoms with Gasteiger partial charge in [-0.15, -0.1) is 11.3 Å². The Morgan fingerprint density at radius 3 is 2.84 bits per heavy atom. The van der Waals surface area contributed by atoms with Crippen LogP contribution in [0.4, 0.5) is 0 Å². The summed E-state index contributed by atoms with van der Waals surface area (Å²) in [6.45, 7) is 0.741. The van der Waals surface area contributed by atoms with E-state index in [9.17, 15) is 4.79 Å². The molecule has 0 bridgehead atoms. The minimum atomic E-state index is -0.896. The Labute approximate surface area is 122 Å². The van der Waals surface area contributed by atoms with E-state index in [1.165, 1.54) is 4.88 Å².